The number of aliphatic hydroxyl groups excluding tert-OH is 1. The smallest absolute Gasteiger partial charge is 0.107 e. The lowest BCUT2D eigenvalue weighted by molar-refractivity contribution is 0.0555. The molecule has 108 valence electrons. The Morgan fingerprint density at radius 2 is 2.10 bits per heavy atom. The Hall–Kier alpha value is -0.860. The summed E-state index contributed by atoms with van der Waals surface area (Å²) in [6.45, 7) is 0. The lowest BCUT2D eigenvalue weighted by Gasteiger charge is -2.35. The molecular weight excluding hydrogens is 370 g/mol. The predicted octanol–water partition coefficient (Wildman–Crippen LogP) is 4.90. The number of benzene rings is 1. The van der Waals surface area contributed by atoms with E-state index < -0.39 is 11.5 Å². The van der Waals surface area contributed by atoms with Gasteiger partial charge in [-0.2, -0.15) is 5.26 Å². The molecule has 1 aliphatic carbocycles. The van der Waals surface area contributed by atoms with Crippen molar-refractivity contribution in [2.75, 3.05) is 0 Å². The third-order valence-corrected chi connectivity index (χ3v) is 6.67. The summed E-state index contributed by atoms with van der Waals surface area (Å²) in [5.41, 5.74) is 1.66. The predicted molar refractivity (Wildman–Crippen MR) is 88.5 cm³/mol. The zero-order valence-electron chi connectivity index (χ0n) is 11.1. The second kappa shape index (κ2) is 5.73. The summed E-state index contributed by atoms with van der Waals surface area (Å²) in [7, 11) is 0. The van der Waals surface area contributed by atoms with Crippen molar-refractivity contribution < 1.29 is 5.11 Å². The number of nitrogens with zero attached hydrogens (tertiary/aromatic N) is 1. The average Bonchev–Trinajstić information content (AvgIpc) is 2.85. The van der Waals surface area contributed by atoms with Crippen LogP contribution in [0.15, 0.2) is 34.8 Å². The minimum Gasteiger partial charge on any atom is -0.386 e. The summed E-state index contributed by atoms with van der Waals surface area (Å²) in [5.74, 6) is 0. The first-order valence-electron chi connectivity index (χ1n) is 6.66. The van der Waals surface area contributed by atoms with Gasteiger partial charge in [-0.1, -0.05) is 35.9 Å². The maximum atomic E-state index is 10.8. The van der Waals surface area contributed by atoms with Crippen LogP contribution >= 0.6 is 38.9 Å². The van der Waals surface area contributed by atoms with Gasteiger partial charge in [0.1, 0.15) is 10.4 Å². The minimum absolute atomic E-state index is 0.577. The van der Waals surface area contributed by atoms with Gasteiger partial charge in [0.15, 0.2) is 0 Å². The van der Waals surface area contributed by atoms with E-state index in [0.29, 0.717) is 17.2 Å². The normalized spacial score (nSPS) is 22.4. The van der Waals surface area contributed by atoms with Gasteiger partial charge in [-0.25, -0.2) is 0 Å². The Bertz CT molecular complexity index is 704. The number of hydrogen-bond donors (Lipinski definition) is 1. The van der Waals surface area contributed by atoms with E-state index in [1.54, 1.807) is 0 Å². The van der Waals surface area contributed by atoms with E-state index in [0.717, 1.165) is 21.3 Å². The van der Waals surface area contributed by atoms with Gasteiger partial charge in [0.25, 0.3) is 0 Å². The second-order valence-electron chi connectivity index (χ2n) is 5.39. The molecule has 1 aliphatic rings. The lowest BCUT2D eigenvalue weighted by Crippen LogP contribution is -2.33. The standard InChI is InChI=1S/C16H13BrClNOS/c17-12-7-13(21-15(12)18)14(20)16(9-19)6-5-10-3-1-2-4-11(10)8-16/h1-4,7,14,20H,5-6,8H2. The number of aliphatic hydroxyl groups is 1. The summed E-state index contributed by atoms with van der Waals surface area (Å²) in [6.07, 6.45) is 1.24. The van der Waals surface area contributed by atoms with Crippen LogP contribution in [0.25, 0.3) is 0 Å². The molecular formula is C16H13BrClNOS. The summed E-state index contributed by atoms with van der Waals surface area (Å²) in [5, 5.41) is 20.5. The molecule has 0 radical (unpaired) electrons. The SMILES string of the molecule is N#CC1(C(O)c2cc(Br)c(Cl)s2)CCc2ccccc2C1. The van der Waals surface area contributed by atoms with Gasteiger partial charge in [-0.05, 0) is 52.4 Å². The van der Waals surface area contributed by atoms with Crippen LogP contribution in [0.5, 0.6) is 0 Å². The number of thiophene rings is 1. The topological polar surface area (TPSA) is 44.0 Å². The van der Waals surface area contributed by atoms with Gasteiger partial charge in [-0.3, -0.25) is 0 Å². The molecule has 3 rings (SSSR count). The molecule has 0 saturated heterocycles. The summed E-state index contributed by atoms with van der Waals surface area (Å²) in [6, 6.07) is 12.3. The van der Waals surface area contributed by atoms with E-state index in [4.69, 9.17) is 11.6 Å². The van der Waals surface area contributed by atoms with Crippen LogP contribution in [-0.4, -0.2) is 5.11 Å². The highest BCUT2D eigenvalue weighted by Gasteiger charge is 2.42. The van der Waals surface area contributed by atoms with Crippen LogP contribution < -0.4 is 0 Å². The van der Waals surface area contributed by atoms with Crippen molar-refractivity contribution in [3.63, 3.8) is 0 Å². The van der Waals surface area contributed by atoms with E-state index in [-0.39, 0.29) is 0 Å². The number of fused-ring (bicyclic) bond motifs is 1. The van der Waals surface area contributed by atoms with Gasteiger partial charge < -0.3 is 5.11 Å². The largest absolute Gasteiger partial charge is 0.386 e. The zero-order chi connectivity index (χ0) is 15.0. The summed E-state index contributed by atoms with van der Waals surface area (Å²) < 4.78 is 1.38. The Balaban J connectivity index is 1.97. The Kier molecular flexibility index (Phi) is 4.11. The van der Waals surface area contributed by atoms with Gasteiger partial charge in [0, 0.05) is 9.35 Å². The first-order chi connectivity index (χ1) is 10.1. The fraction of sp³-hybridized carbons (Fsp3) is 0.312. The molecule has 1 N–H and O–H groups in total. The molecule has 0 saturated carbocycles. The molecule has 0 amide bonds. The lowest BCUT2D eigenvalue weighted by atomic mass is 9.69. The molecule has 21 heavy (non-hydrogen) atoms. The average molecular weight is 383 g/mol. The number of aryl methyl sites for hydroxylation is 1. The first-order valence-corrected chi connectivity index (χ1v) is 8.65. The molecule has 2 nitrogen and oxygen atoms in total. The van der Waals surface area contributed by atoms with Crippen molar-refractivity contribution in [2.24, 2.45) is 5.41 Å². The van der Waals surface area contributed by atoms with Gasteiger partial charge in [-0.15, -0.1) is 11.3 Å². The highest BCUT2D eigenvalue weighted by atomic mass is 79.9. The molecule has 0 fully saturated rings. The van der Waals surface area contributed by atoms with Crippen molar-refractivity contribution in [1.82, 2.24) is 0 Å². The number of hydrogen-bond acceptors (Lipinski definition) is 3. The van der Waals surface area contributed by atoms with Gasteiger partial charge in [0.05, 0.1) is 11.5 Å². The van der Waals surface area contributed by atoms with E-state index in [2.05, 4.69) is 28.1 Å². The molecule has 1 heterocycles. The van der Waals surface area contributed by atoms with Crippen molar-refractivity contribution in [3.8, 4) is 6.07 Å². The van der Waals surface area contributed by atoms with Crippen molar-refractivity contribution >= 4 is 38.9 Å². The molecule has 2 atom stereocenters. The quantitative estimate of drug-likeness (QED) is 0.803. The first kappa shape index (κ1) is 15.1. The van der Waals surface area contributed by atoms with E-state index in [1.807, 2.05) is 24.3 Å². The van der Waals surface area contributed by atoms with Crippen LogP contribution in [0, 0.1) is 16.7 Å². The Morgan fingerprint density at radius 1 is 1.38 bits per heavy atom. The Morgan fingerprint density at radius 3 is 2.71 bits per heavy atom. The molecule has 5 heteroatoms. The zero-order valence-corrected chi connectivity index (χ0v) is 14.3. The van der Waals surface area contributed by atoms with Crippen LogP contribution in [0.3, 0.4) is 0 Å². The third-order valence-electron chi connectivity index (χ3n) is 4.14. The fourth-order valence-electron chi connectivity index (χ4n) is 2.92. The van der Waals surface area contributed by atoms with Crippen molar-refractivity contribution in [2.45, 2.75) is 25.4 Å². The molecule has 0 spiro atoms. The third kappa shape index (κ3) is 2.64. The summed E-state index contributed by atoms with van der Waals surface area (Å²) >= 11 is 10.7. The van der Waals surface area contributed by atoms with Crippen LogP contribution in [0.1, 0.15) is 28.5 Å². The molecule has 0 aliphatic heterocycles. The van der Waals surface area contributed by atoms with Crippen LogP contribution in [-0.2, 0) is 12.8 Å². The molecule has 0 bridgehead atoms. The second-order valence-corrected chi connectivity index (χ2v) is 7.93. The monoisotopic (exact) mass is 381 g/mol. The minimum atomic E-state index is -0.815. The van der Waals surface area contributed by atoms with E-state index >= 15 is 0 Å². The molecule has 2 unspecified atom stereocenters. The van der Waals surface area contributed by atoms with Crippen LogP contribution in [0.2, 0.25) is 4.34 Å². The maximum absolute atomic E-state index is 10.8. The van der Waals surface area contributed by atoms with E-state index in [9.17, 15) is 10.4 Å². The number of nitriles is 1. The van der Waals surface area contributed by atoms with Gasteiger partial charge in [0.2, 0.25) is 0 Å². The van der Waals surface area contributed by atoms with Crippen LogP contribution in [0.4, 0.5) is 0 Å². The molecule has 2 aromatic rings. The van der Waals surface area contributed by atoms with Gasteiger partial charge >= 0.3 is 0 Å². The fourth-order valence-corrected chi connectivity index (χ4v) is 4.76. The Labute approximate surface area is 141 Å². The van der Waals surface area contributed by atoms with Crippen molar-refractivity contribution in [1.29, 1.82) is 5.26 Å². The highest BCUT2D eigenvalue weighted by Crippen LogP contribution is 2.47. The van der Waals surface area contributed by atoms with E-state index in [1.165, 1.54) is 16.9 Å². The maximum Gasteiger partial charge on any atom is 0.107 e. The summed E-state index contributed by atoms with van der Waals surface area (Å²) in [4.78, 5) is 0.743. The number of halogens is 2. The number of rotatable bonds is 2. The molecule has 1 aromatic heterocycles. The highest BCUT2D eigenvalue weighted by molar-refractivity contribution is 9.10. The molecule has 1 aromatic carbocycles. The van der Waals surface area contributed by atoms with Crippen molar-refractivity contribution in [3.05, 3.63) is 55.1 Å².